The Morgan fingerprint density at radius 1 is 1.33 bits per heavy atom. The number of aliphatic carboxylic acids is 1. The second kappa shape index (κ2) is 6.11. The molecule has 1 aromatic heterocycles. The fourth-order valence-corrected chi connectivity index (χ4v) is 2.94. The molecule has 1 unspecified atom stereocenters. The Morgan fingerprint density at radius 2 is 2.00 bits per heavy atom. The molecule has 3 atom stereocenters. The van der Waals surface area contributed by atoms with Crippen molar-refractivity contribution < 1.29 is 14.7 Å². The average molecular weight is 292 g/mol. The lowest BCUT2D eigenvalue weighted by Crippen LogP contribution is -2.30. The molecule has 1 aliphatic rings. The Balaban J connectivity index is 2.14. The SMILES string of the molecule is CCn1cc(NC(=O)[C@H]2CC(C)C[C@H]2C(=O)O)ccc1=O. The molecular formula is C15H20N2O4. The lowest BCUT2D eigenvalue weighted by Gasteiger charge is -2.16. The predicted molar refractivity (Wildman–Crippen MR) is 78.0 cm³/mol. The van der Waals surface area contributed by atoms with Gasteiger partial charge in [0.1, 0.15) is 0 Å². The van der Waals surface area contributed by atoms with E-state index in [2.05, 4.69) is 5.32 Å². The lowest BCUT2D eigenvalue weighted by atomic mass is 9.95. The molecule has 0 radical (unpaired) electrons. The minimum atomic E-state index is -0.918. The number of carboxylic acid groups (broad SMARTS) is 1. The Bertz CT molecular complexity index is 608. The quantitative estimate of drug-likeness (QED) is 0.881. The molecule has 1 fully saturated rings. The number of carboxylic acids is 1. The van der Waals surface area contributed by atoms with Gasteiger partial charge in [0.25, 0.3) is 5.56 Å². The summed E-state index contributed by atoms with van der Waals surface area (Å²) in [7, 11) is 0. The number of amides is 1. The van der Waals surface area contributed by atoms with Crippen LogP contribution in [0.1, 0.15) is 26.7 Å². The minimum Gasteiger partial charge on any atom is -0.481 e. The van der Waals surface area contributed by atoms with Crippen LogP contribution in [0.3, 0.4) is 0 Å². The number of pyridine rings is 1. The second-order valence-corrected chi connectivity index (χ2v) is 5.66. The van der Waals surface area contributed by atoms with E-state index in [0.29, 0.717) is 25.1 Å². The smallest absolute Gasteiger partial charge is 0.307 e. The van der Waals surface area contributed by atoms with Crippen LogP contribution in [0.15, 0.2) is 23.1 Å². The molecule has 114 valence electrons. The fraction of sp³-hybridized carbons (Fsp3) is 0.533. The molecule has 0 aliphatic heterocycles. The molecule has 0 spiro atoms. The number of nitrogens with one attached hydrogen (secondary N) is 1. The van der Waals surface area contributed by atoms with Crippen LogP contribution < -0.4 is 10.9 Å². The fourth-order valence-electron chi connectivity index (χ4n) is 2.94. The maximum atomic E-state index is 12.3. The summed E-state index contributed by atoms with van der Waals surface area (Å²) in [6.07, 6.45) is 2.69. The molecule has 6 nitrogen and oxygen atoms in total. The van der Waals surface area contributed by atoms with E-state index in [-0.39, 0.29) is 17.4 Å². The summed E-state index contributed by atoms with van der Waals surface area (Å²) in [5.74, 6) is -2.12. The van der Waals surface area contributed by atoms with Gasteiger partial charge in [0, 0.05) is 18.8 Å². The Morgan fingerprint density at radius 3 is 2.62 bits per heavy atom. The zero-order valence-electron chi connectivity index (χ0n) is 12.2. The van der Waals surface area contributed by atoms with Crippen molar-refractivity contribution in [2.45, 2.75) is 33.2 Å². The number of aryl methyl sites for hydroxylation is 1. The number of carbonyl (C=O) groups excluding carboxylic acids is 1. The van der Waals surface area contributed by atoms with Crippen LogP contribution in [0.4, 0.5) is 5.69 Å². The highest BCUT2D eigenvalue weighted by Crippen LogP contribution is 2.37. The van der Waals surface area contributed by atoms with Gasteiger partial charge in [-0.3, -0.25) is 14.4 Å². The molecule has 2 rings (SSSR count). The molecule has 0 bridgehead atoms. The van der Waals surface area contributed by atoms with E-state index < -0.39 is 17.8 Å². The first-order chi connectivity index (χ1) is 9.92. The number of hydrogen-bond donors (Lipinski definition) is 2. The molecule has 1 aromatic rings. The van der Waals surface area contributed by atoms with Gasteiger partial charge in [0.15, 0.2) is 0 Å². The molecule has 1 aliphatic carbocycles. The van der Waals surface area contributed by atoms with Crippen LogP contribution in [0, 0.1) is 17.8 Å². The van der Waals surface area contributed by atoms with Gasteiger partial charge < -0.3 is 15.0 Å². The first-order valence-electron chi connectivity index (χ1n) is 7.16. The van der Waals surface area contributed by atoms with E-state index in [1.54, 1.807) is 12.3 Å². The van der Waals surface area contributed by atoms with E-state index >= 15 is 0 Å². The summed E-state index contributed by atoms with van der Waals surface area (Å²) in [5, 5.41) is 11.9. The molecule has 21 heavy (non-hydrogen) atoms. The third-order valence-electron chi connectivity index (χ3n) is 4.04. The van der Waals surface area contributed by atoms with E-state index in [9.17, 15) is 19.5 Å². The Hall–Kier alpha value is -2.11. The normalized spacial score (nSPS) is 24.8. The van der Waals surface area contributed by atoms with Crippen LogP contribution in [0.2, 0.25) is 0 Å². The highest BCUT2D eigenvalue weighted by molar-refractivity contribution is 5.95. The molecule has 1 heterocycles. The highest BCUT2D eigenvalue weighted by Gasteiger charge is 2.41. The first-order valence-corrected chi connectivity index (χ1v) is 7.16. The van der Waals surface area contributed by atoms with Crippen LogP contribution in [0.5, 0.6) is 0 Å². The van der Waals surface area contributed by atoms with Crippen LogP contribution in [0.25, 0.3) is 0 Å². The summed E-state index contributed by atoms with van der Waals surface area (Å²) < 4.78 is 1.49. The molecule has 6 heteroatoms. The van der Waals surface area contributed by atoms with Gasteiger partial charge in [-0.25, -0.2) is 0 Å². The van der Waals surface area contributed by atoms with Crippen LogP contribution >= 0.6 is 0 Å². The topological polar surface area (TPSA) is 88.4 Å². The van der Waals surface area contributed by atoms with Crippen molar-refractivity contribution in [3.8, 4) is 0 Å². The molecule has 1 amide bonds. The van der Waals surface area contributed by atoms with Gasteiger partial charge in [-0.2, -0.15) is 0 Å². The number of anilines is 1. The maximum absolute atomic E-state index is 12.3. The number of nitrogens with zero attached hydrogens (tertiary/aromatic N) is 1. The van der Waals surface area contributed by atoms with Gasteiger partial charge in [-0.05, 0) is 31.7 Å². The van der Waals surface area contributed by atoms with E-state index in [1.807, 2.05) is 13.8 Å². The monoisotopic (exact) mass is 292 g/mol. The van der Waals surface area contributed by atoms with Crippen molar-refractivity contribution in [3.63, 3.8) is 0 Å². The average Bonchev–Trinajstić information content (AvgIpc) is 2.83. The maximum Gasteiger partial charge on any atom is 0.307 e. The van der Waals surface area contributed by atoms with Gasteiger partial charge in [0.05, 0.1) is 17.5 Å². The molecule has 0 saturated heterocycles. The number of rotatable bonds is 4. The Kier molecular flexibility index (Phi) is 4.45. The first kappa shape index (κ1) is 15.3. The largest absolute Gasteiger partial charge is 0.481 e. The van der Waals surface area contributed by atoms with Crippen molar-refractivity contribution in [2.75, 3.05) is 5.32 Å². The zero-order valence-corrected chi connectivity index (χ0v) is 12.2. The molecular weight excluding hydrogens is 272 g/mol. The number of carbonyl (C=O) groups is 2. The minimum absolute atomic E-state index is 0.131. The van der Waals surface area contributed by atoms with Crippen molar-refractivity contribution in [2.24, 2.45) is 17.8 Å². The van der Waals surface area contributed by atoms with E-state index in [1.165, 1.54) is 10.6 Å². The third kappa shape index (κ3) is 3.32. The van der Waals surface area contributed by atoms with E-state index in [0.717, 1.165) is 0 Å². The third-order valence-corrected chi connectivity index (χ3v) is 4.04. The zero-order chi connectivity index (χ0) is 15.6. The summed E-state index contributed by atoms with van der Waals surface area (Å²) in [6.45, 7) is 4.31. The highest BCUT2D eigenvalue weighted by atomic mass is 16.4. The summed E-state index contributed by atoms with van der Waals surface area (Å²) >= 11 is 0. The number of aromatic nitrogens is 1. The standard InChI is InChI=1S/C15H20N2O4/c1-3-17-8-10(4-5-13(17)18)16-14(19)11-6-9(2)7-12(11)15(20)21/h4-5,8-9,11-12H,3,6-7H2,1-2H3,(H,16,19)(H,20,21)/t9?,11-,12+/m0/s1. The predicted octanol–water partition coefficient (Wildman–Crippen LogP) is 1.55. The second-order valence-electron chi connectivity index (χ2n) is 5.66. The van der Waals surface area contributed by atoms with Crippen molar-refractivity contribution >= 4 is 17.6 Å². The van der Waals surface area contributed by atoms with Gasteiger partial charge >= 0.3 is 5.97 Å². The van der Waals surface area contributed by atoms with Gasteiger partial charge in [-0.15, -0.1) is 0 Å². The number of hydrogen-bond acceptors (Lipinski definition) is 3. The summed E-state index contributed by atoms with van der Waals surface area (Å²) in [5.41, 5.74) is 0.388. The Labute approximate surface area is 122 Å². The molecule has 2 N–H and O–H groups in total. The summed E-state index contributed by atoms with van der Waals surface area (Å²) in [6, 6.07) is 2.94. The van der Waals surface area contributed by atoms with Gasteiger partial charge in [0.2, 0.25) is 5.91 Å². The molecule has 0 aromatic carbocycles. The van der Waals surface area contributed by atoms with E-state index in [4.69, 9.17) is 0 Å². The lowest BCUT2D eigenvalue weighted by molar-refractivity contribution is -0.145. The van der Waals surface area contributed by atoms with Crippen LogP contribution in [-0.4, -0.2) is 21.6 Å². The van der Waals surface area contributed by atoms with Crippen molar-refractivity contribution in [1.82, 2.24) is 4.57 Å². The summed E-state index contributed by atoms with van der Waals surface area (Å²) in [4.78, 5) is 35.0. The van der Waals surface area contributed by atoms with Crippen molar-refractivity contribution in [3.05, 3.63) is 28.7 Å². The van der Waals surface area contributed by atoms with Crippen LogP contribution in [-0.2, 0) is 16.1 Å². The molecule has 1 saturated carbocycles. The van der Waals surface area contributed by atoms with Gasteiger partial charge in [-0.1, -0.05) is 6.92 Å². The van der Waals surface area contributed by atoms with Crippen molar-refractivity contribution in [1.29, 1.82) is 0 Å².